The summed E-state index contributed by atoms with van der Waals surface area (Å²) < 4.78 is 31.4. The van der Waals surface area contributed by atoms with Gasteiger partial charge in [0.15, 0.2) is 0 Å². The molecular formula is C9H6Cl2N2O4S. The van der Waals surface area contributed by atoms with Gasteiger partial charge in [0.25, 0.3) is 16.0 Å². The summed E-state index contributed by atoms with van der Waals surface area (Å²) in [5.41, 5.74) is 0.0486. The Morgan fingerprint density at radius 3 is 2.50 bits per heavy atom. The van der Waals surface area contributed by atoms with E-state index in [4.69, 9.17) is 27.8 Å². The lowest BCUT2D eigenvalue weighted by Crippen LogP contribution is -2.20. The van der Waals surface area contributed by atoms with Gasteiger partial charge >= 0.3 is 0 Å². The maximum Gasteiger partial charge on any atom is 0.297 e. The molecule has 0 aliphatic carbocycles. The summed E-state index contributed by atoms with van der Waals surface area (Å²) in [4.78, 5) is 10.8. The van der Waals surface area contributed by atoms with Gasteiger partial charge in [-0.25, -0.2) is 0 Å². The highest BCUT2D eigenvalue weighted by atomic mass is 35.5. The number of halogens is 2. The highest BCUT2D eigenvalue weighted by Gasteiger charge is 2.27. The smallest absolute Gasteiger partial charge is 0.282 e. The quantitative estimate of drug-likeness (QED) is 0.846. The second-order valence-corrected chi connectivity index (χ2v) is 5.54. The molecule has 0 spiro atoms. The molecule has 1 N–H and O–H groups in total. The van der Waals surface area contributed by atoms with Gasteiger partial charge < -0.3 is 0 Å². The van der Waals surface area contributed by atoms with Crippen LogP contribution in [0.25, 0.3) is 0 Å². The van der Waals surface area contributed by atoms with Crippen molar-refractivity contribution in [2.24, 2.45) is 5.10 Å². The number of carbonyl (C=O) groups excluding carboxylic acids is 1. The fraction of sp³-hybridized carbons (Fsp3) is 0.111. The number of benzene rings is 1. The summed E-state index contributed by atoms with van der Waals surface area (Å²) in [5, 5.41) is 4.12. The van der Waals surface area contributed by atoms with E-state index in [-0.39, 0.29) is 28.1 Å². The van der Waals surface area contributed by atoms with Gasteiger partial charge in [0.05, 0.1) is 22.2 Å². The average Bonchev–Trinajstić information content (AvgIpc) is 2.62. The van der Waals surface area contributed by atoms with Crippen molar-refractivity contribution in [1.29, 1.82) is 0 Å². The summed E-state index contributed by atoms with van der Waals surface area (Å²) >= 11 is 11.5. The first-order valence-corrected chi connectivity index (χ1v) is 6.83. The molecule has 1 heterocycles. The van der Waals surface area contributed by atoms with Gasteiger partial charge in [-0.15, -0.1) is 0 Å². The van der Waals surface area contributed by atoms with Crippen molar-refractivity contribution in [2.45, 2.75) is 11.3 Å². The minimum absolute atomic E-state index is 0.0486. The van der Waals surface area contributed by atoms with E-state index in [0.717, 1.165) is 5.01 Å². The minimum atomic E-state index is -4.59. The average molecular weight is 309 g/mol. The van der Waals surface area contributed by atoms with Gasteiger partial charge in [0.2, 0.25) is 0 Å². The second kappa shape index (κ2) is 4.51. The number of rotatable bonds is 2. The molecule has 1 aromatic rings. The van der Waals surface area contributed by atoms with Crippen LogP contribution in [0, 0.1) is 0 Å². The van der Waals surface area contributed by atoms with E-state index < -0.39 is 15.0 Å². The third kappa shape index (κ3) is 2.22. The lowest BCUT2D eigenvalue weighted by Gasteiger charge is -2.15. The Hall–Kier alpha value is -1.15. The molecule has 6 nitrogen and oxygen atoms in total. The Morgan fingerprint density at radius 2 is 2.00 bits per heavy atom. The Labute approximate surface area is 113 Å². The number of nitrogens with zero attached hydrogens (tertiary/aromatic N) is 2. The van der Waals surface area contributed by atoms with E-state index in [1.165, 1.54) is 18.3 Å². The number of hydrazone groups is 1. The van der Waals surface area contributed by atoms with Crippen LogP contribution in [0.3, 0.4) is 0 Å². The van der Waals surface area contributed by atoms with E-state index in [0.29, 0.717) is 0 Å². The van der Waals surface area contributed by atoms with Gasteiger partial charge in [-0.2, -0.15) is 18.5 Å². The maximum absolute atomic E-state index is 11.5. The SMILES string of the molecule is O=C1CC=NN1c1ccc(Cl)c(S(=O)(=O)O)c1Cl. The van der Waals surface area contributed by atoms with E-state index in [1.807, 2.05) is 0 Å². The number of hydrogen-bond acceptors (Lipinski definition) is 4. The van der Waals surface area contributed by atoms with Gasteiger partial charge in [0.1, 0.15) is 4.90 Å². The summed E-state index contributed by atoms with van der Waals surface area (Å²) in [5.74, 6) is -0.361. The van der Waals surface area contributed by atoms with Gasteiger partial charge in [-0.1, -0.05) is 23.2 Å². The molecule has 0 saturated heterocycles. The Bertz CT molecular complexity index is 657. The zero-order valence-corrected chi connectivity index (χ0v) is 11.0. The van der Waals surface area contributed by atoms with Crippen molar-refractivity contribution in [1.82, 2.24) is 0 Å². The Morgan fingerprint density at radius 1 is 1.33 bits per heavy atom. The number of anilines is 1. The fourth-order valence-corrected chi connectivity index (χ4v) is 3.15. The number of amides is 1. The van der Waals surface area contributed by atoms with Crippen LogP contribution in [0.5, 0.6) is 0 Å². The molecule has 96 valence electrons. The summed E-state index contributed by atoms with van der Waals surface area (Å²) in [7, 11) is -4.59. The van der Waals surface area contributed by atoms with Crippen LogP contribution in [-0.2, 0) is 14.9 Å². The van der Waals surface area contributed by atoms with Crippen LogP contribution >= 0.6 is 23.2 Å². The number of hydrogen-bond donors (Lipinski definition) is 1. The van der Waals surface area contributed by atoms with E-state index in [9.17, 15) is 13.2 Å². The molecule has 0 bridgehead atoms. The highest BCUT2D eigenvalue weighted by molar-refractivity contribution is 7.86. The van der Waals surface area contributed by atoms with Gasteiger partial charge in [-0.3, -0.25) is 9.35 Å². The molecule has 2 rings (SSSR count). The van der Waals surface area contributed by atoms with Crippen LogP contribution < -0.4 is 5.01 Å². The van der Waals surface area contributed by atoms with Crippen molar-refractivity contribution in [3.63, 3.8) is 0 Å². The van der Waals surface area contributed by atoms with E-state index in [2.05, 4.69) is 5.10 Å². The topological polar surface area (TPSA) is 87.0 Å². The summed E-state index contributed by atoms with van der Waals surface area (Å²) in [6.07, 6.45) is 1.46. The molecule has 9 heteroatoms. The van der Waals surface area contributed by atoms with Crippen molar-refractivity contribution < 1.29 is 17.8 Å². The molecule has 0 saturated carbocycles. The summed E-state index contributed by atoms with van der Waals surface area (Å²) in [6.45, 7) is 0. The zero-order valence-electron chi connectivity index (χ0n) is 8.67. The molecule has 1 aromatic carbocycles. The van der Waals surface area contributed by atoms with Crippen LogP contribution in [0.2, 0.25) is 10.0 Å². The monoisotopic (exact) mass is 308 g/mol. The van der Waals surface area contributed by atoms with Crippen LogP contribution in [0.4, 0.5) is 5.69 Å². The molecule has 0 atom stereocenters. The zero-order chi connectivity index (χ0) is 13.5. The molecule has 1 amide bonds. The Kier molecular flexibility index (Phi) is 3.33. The molecule has 1 aliphatic heterocycles. The molecule has 0 radical (unpaired) electrons. The predicted octanol–water partition coefficient (Wildman–Crippen LogP) is 1.96. The third-order valence-electron chi connectivity index (χ3n) is 2.21. The second-order valence-electron chi connectivity index (χ2n) is 3.39. The van der Waals surface area contributed by atoms with Crippen LogP contribution in [0.15, 0.2) is 22.1 Å². The van der Waals surface area contributed by atoms with Crippen molar-refractivity contribution >= 4 is 51.1 Å². The first-order valence-electron chi connectivity index (χ1n) is 4.63. The maximum atomic E-state index is 11.5. The fourth-order valence-electron chi connectivity index (χ4n) is 1.47. The van der Waals surface area contributed by atoms with Crippen molar-refractivity contribution in [3.05, 3.63) is 22.2 Å². The predicted molar refractivity (Wildman–Crippen MR) is 66.9 cm³/mol. The first-order chi connectivity index (χ1) is 8.32. The lowest BCUT2D eigenvalue weighted by molar-refractivity contribution is -0.116. The standard InChI is InChI=1S/C9H6Cl2N2O4S/c10-5-1-2-6(13-7(14)3-4-12-13)8(11)9(5)18(15,16)17/h1-2,4H,3H2,(H,15,16,17). The molecule has 18 heavy (non-hydrogen) atoms. The first kappa shape index (κ1) is 13.3. The normalized spacial score (nSPS) is 15.5. The third-order valence-corrected chi connectivity index (χ3v) is 4.08. The van der Waals surface area contributed by atoms with Gasteiger partial charge in [-0.05, 0) is 12.1 Å². The van der Waals surface area contributed by atoms with E-state index in [1.54, 1.807) is 0 Å². The lowest BCUT2D eigenvalue weighted by atomic mass is 10.3. The largest absolute Gasteiger partial charge is 0.297 e. The molecule has 1 aliphatic rings. The van der Waals surface area contributed by atoms with Gasteiger partial charge in [0, 0.05) is 6.21 Å². The molecule has 0 fully saturated rings. The van der Waals surface area contributed by atoms with E-state index >= 15 is 0 Å². The Balaban J connectivity index is 2.66. The molecule has 0 aromatic heterocycles. The minimum Gasteiger partial charge on any atom is -0.282 e. The van der Waals surface area contributed by atoms with Crippen molar-refractivity contribution in [2.75, 3.05) is 5.01 Å². The molecule has 0 unspecified atom stereocenters. The summed E-state index contributed by atoms with van der Waals surface area (Å²) in [6, 6.07) is 2.56. The van der Waals surface area contributed by atoms with Crippen LogP contribution in [0.1, 0.15) is 6.42 Å². The highest BCUT2D eigenvalue weighted by Crippen LogP contribution is 2.37. The molecular weight excluding hydrogens is 303 g/mol. The van der Waals surface area contributed by atoms with Crippen molar-refractivity contribution in [3.8, 4) is 0 Å². The van der Waals surface area contributed by atoms with Crippen LogP contribution in [-0.4, -0.2) is 25.1 Å². The number of carbonyl (C=O) groups is 1.